The Morgan fingerprint density at radius 2 is 0.967 bits per heavy atom. The summed E-state index contributed by atoms with van der Waals surface area (Å²) in [5.74, 6) is -1.21. The molecule has 0 fully saturated rings. The quantitative estimate of drug-likeness (QED) is 0.0119. The van der Waals surface area contributed by atoms with Gasteiger partial charge in [-0.2, -0.15) is 0 Å². The van der Waals surface area contributed by atoms with Crippen molar-refractivity contribution < 1.29 is 47.8 Å². The maximum absolute atomic E-state index is 12.6. The van der Waals surface area contributed by atoms with Gasteiger partial charge in [-0.15, -0.1) is 0 Å². The fraction of sp³-hybridized carbons (Fsp3) is 0.708. The van der Waals surface area contributed by atoms with Crippen LogP contribution in [0.3, 0.4) is 0 Å². The molecule has 0 saturated carbocycles. The number of ether oxygens (including phenoxy) is 5. The van der Waals surface area contributed by atoms with Crippen LogP contribution in [-0.4, -0.2) is 55.4 Å². The molecule has 12 nitrogen and oxygen atoms in total. The van der Waals surface area contributed by atoms with Gasteiger partial charge in [0.25, 0.3) is 5.69 Å². The number of hydrogen-bond acceptors (Lipinski definition) is 11. The topological polar surface area (TPSA) is 158 Å². The number of hydrogen-bond donors (Lipinski definition) is 0. The number of nitro benzene ring substituents is 1. The highest BCUT2D eigenvalue weighted by Crippen LogP contribution is 2.20. The van der Waals surface area contributed by atoms with Gasteiger partial charge in [0.15, 0.2) is 0 Å². The molecule has 1 aromatic carbocycles. The summed E-state index contributed by atoms with van der Waals surface area (Å²) < 4.78 is 26.9. The molecule has 1 aromatic rings. The highest BCUT2D eigenvalue weighted by Gasteiger charge is 2.19. The molecule has 0 aliphatic heterocycles. The van der Waals surface area contributed by atoms with E-state index in [1.165, 1.54) is 69.2 Å². The molecule has 1 rings (SSSR count). The average molecular weight is 844 g/mol. The highest BCUT2D eigenvalue weighted by atomic mass is 16.7. The van der Waals surface area contributed by atoms with Crippen molar-refractivity contribution in [1.82, 2.24) is 0 Å². The van der Waals surface area contributed by atoms with Gasteiger partial charge in [-0.1, -0.05) is 122 Å². The van der Waals surface area contributed by atoms with Crippen LogP contribution in [0.15, 0.2) is 48.6 Å². The Morgan fingerprint density at radius 3 is 1.52 bits per heavy atom. The Balaban J connectivity index is 2.44. The lowest BCUT2D eigenvalue weighted by molar-refractivity contribution is -0.384. The van der Waals surface area contributed by atoms with E-state index in [0.29, 0.717) is 44.6 Å². The third-order valence-corrected chi connectivity index (χ3v) is 10.2. The molecule has 0 aliphatic rings. The SMILES string of the molecule is CCCCC/C=C\C/C=C\CCCCCCCC(=O)OCC(COC(=O)CCCCCC(=O)OCC(CCCC)CCCCCC)COC(=O)Oc1ccc([N+](=O)[O-])cc1. The molecule has 0 N–H and O–H groups in total. The fourth-order valence-corrected chi connectivity index (χ4v) is 6.40. The Labute approximate surface area is 360 Å². The third-order valence-electron chi connectivity index (χ3n) is 10.2. The summed E-state index contributed by atoms with van der Waals surface area (Å²) >= 11 is 0. The second-order valence-corrected chi connectivity index (χ2v) is 15.7. The average Bonchev–Trinajstić information content (AvgIpc) is 3.24. The summed E-state index contributed by atoms with van der Waals surface area (Å²) in [4.78, 5) is 60.2. The lowest BCUT2D eigenvalue weighted by Crippen LogP contribution is -2.27. The molecule has 12 heteroatoms. The number of rotatable bonds is 38. The third kappa shape index (κ3) is 31.7. The molecule has 2 atom stereocenters. The molecule has 0 radical (unpaired) electrons. The first kappa shape index (κ1) is 53.8. The van der Waals surface area contributed by atoms with E-state index in [1.807, 2.05) is 0 Å². The number of carbonyl (C=O) groups is 4. The van der Waals surface area contributed by atoms with Gasteiger partial charge in [0.05, 0.1) is 17.4 Å². The standard InChI is InChI=1S/C48H77NO11/c1-4-7-10-12-13-14-15-16-17-18-19-20-21-22-25-30-46(51)57-38-42(40-59-48(53)60-44-35-33-43(34-36-44)49(54)55)39-58-47(52)32-27-23-26-31-45(50)56-37-41(28-9-6-3)29-24-11-8-5-2/h13-14,16-17,33-36,41-42H,4-12,15,18-32,37-40H2,1-3H3/b14-13-,17-16-. The van der Waals surface area contributed by atoms with E-state index in [0.717, 1.165) is 70.6 Å². The van der Waals surface area contributed by atoms with Crippen LogP contribution in [0.1, 0.15) is 181 Å². The fourth-order valence-electron chi connectivity index (χ4n) is 6.40. The summed E-state index contributed by atoms with van der Waals surface area (Å²) in [5, 5.41) is 10.9. The van der Waals surface area contributed by atoms with Crippen LogP contribution in [0, 0.1) is 22.0 Å². The molecular formula is C48H77NO11. The van der Waals surface area contributed by atoms with Gasteiger partial charge in [-0.3, -0.25) is 24.5 Å². The maximum atomic E-state index is 12.6. The minimum atomic E-state index is -1.06. The van der Waals surface area contributed by atoms with E-state index < -0.39 is 23.0 Å². The van der Waals surface area contributed by atoms with Crippen molar-refractivity contribution in [2.75, 3.05) is 26.4 Å². The van der Waals surface area contributed by atoms with E-state index >= 15 is 0 Å². The van der Waals surface area contributed by atoms with Crippen LogP contribution in [-0.2, 0) is 33.3 Å². The first-order chi connectivity index (χ1) is 29.2. The Bertz CT molecular complexity index is 1340. The number of nitrogens with zero attached hydrogens (tertiary/aromatic N) is 1. The first-order valence-corrected chi connectivity index (χ1v) is 23.0. The minimum Gasteiger partial charge on any atom is -0.465 e. The Hall–Kier alpha value is -4.22. The molecule has 0 bridgehead atoms. The van der Waals surface area contributed by atoms with Gasteiger partial charge in [-0.25, -0.2) is 4.79 Å². The molecule has 0 aromatic heterocycles. The first-order valence-electron chi connectivity index (χ1n) is 23.0. The number of allylic oxidation sites excluding steroid dienone is 4. The van der Waals surface area contributed by atoms with Crippen LogP contribution >= 0.6 is 0 Å². The van der Waals surface area contributed by atoms with Crippen molar-refractivity contribution in [3.63, 3.8) is 0 Å². The van der Waals surface area contributed by atoms with Crippen molar-refractivity contribution in [2.45, 2.75) is 181 Å². The van der Waals surface area contributed by atoms with Gasteiger partial charge < -0.3 is 23.7 Å². The smallest absolute Gasteiger partial charge is 0.465 e. The predicted molar refractivity (Wildman–Crippen MR) is 236 cm³/mol. The van der Waals surface area contributed by atoms with Gasteiger partial charge in [0.2, 0.25) is 0 Å². The van der Waals surface area contributed by atoms with Gasteiger partial charge in [0.1, 0.15) is 25.6 Å². The number of unbranched alkanes of at least 4 members (excludes halogenated alkanes) is 14. The molecule has 340 valence electrons. The normalized spacial score (nSPS) is 12.3. The molecule has 0 saturated heterocycles. The van der Waals surface area contributed by atoms with Crippen molar-refractivity contribution in [2.24, 2.45) is 11.8 Å². The summed E-state index contributed by atoms with van der Waals surface area (Å²) in [7, 11) is 0. The zero-order valence-electron chi connectivity index (χ0n) is 37.2. The second-order valence-electron chi connectivity index (χ2n) is 15.7. The van der Waals surface area contributed by atoms with Crippen LogP contribution < -0.4 is 4.74 Å². The number of benzene rings is 1. The number of carbonyl (C=O) groups excluding carboxylic acids is 4. The van der Waals surface area contributed by atoms with Gasteiger partial charge in [0, 0.05) is 31.4 Å². The van der Waals surface area contributed by atoms with Crippen LogP contribution in [0.5, 0.6) is 5.75 Å². The van der Waals surface area contributed by atoms with E-state index in [-0.39, 0.29) is 56.0 Å². The van der Waals surface area contributed by atoms with Crippen molar-refractivity contribution >= 4 is 29.8 Å². The zero-order chi connectivity index (χ0) is 43.9. The van der Waals surface area contributed by atoms with Crippen molar-refractivity contribution in [3.05, 3.63) is 58.7 Å². The maximum Gasteiger partial charge on any atom is 0.513 e. The molecule has 0 heterocycles. The monoisotopic (exact) mass is 844 g/mol. The van der Waals surface area contributed by atoms with E-state index in [2.05, 4.69) is 45.1 Å². The molecule has 0 amide bonds. The largest absolute Gasteiger partial charge is 0.513 e. The lowest BCUT2D eigenvalue weighted by Gasteiger charge is -2.17. The molecular weight excluding hydrogens is 767 g/mol. The summed E-state index contributed by atoms with van der Waals surface area (Å²) in [5.41, 5.74) is -0.156. The van der Waals surface area contributed by atoms with E-state index in [4.69, 9.17) is 23.7 Å². The van der Waals surface area contributed by atoms with Crippen molar-refractivity contribution in [1.29, 1.82) is 0 Å². The highest BCUT2D eigenvalue weighted by molar-refractivity contribution is 5.70. The molecule has 60 heavy (non-hydrogen) atoms. The van der Waals surface area contributed by atoms with E-state index in [1.54, 1.807) is 0 Å². The summed E-state index contributed by atoms with van der Waals surface area (Å²) in [6.07, 6.45) is 31.5. The Kier molecular flexibility index (Phi) is 33.9. The Morgan fingerprint density at radius 1 is 0.533 bits per heavy atom. The number of nitro groups is 1. The van der Waals surface area contributed by atoms with Crippen LogP contribution in [0.2, 0.25) is 0 Å². The summed E-state index contributed by atoms with van der Waals surface area (Å²) in [6.45, 7) is 6.53. The van der Waals surface area contributed by atoms with E-state index in [9.17, 15) is 29.3 Å². The zero-order valence-corrected chi connectivity index (χ0v) is 37.2. The second kappa shape index (κ2) is 37.8. The lowest BCUT2D eigenvalue weighted by atomic mass is 9.96. The molecule has 0 spiro atoms. The van der Waals surface area contributed by atoms with Gasteiger partial charge in [-0.05, 0) is 82.3 Å². The van der Waals surface area contributed by atoms with Crippen molar-refractivity contribution in [3.8, 4) is 5.75 Å². The van der Waals surface area contributed by atoms with Gasteiger partial charge >= 0.3 is 24.1 Å². The number of non-ortho nitro benzene ring substituents is 1. The molecule has 2 unspecified atom stereocenters. The predicted octanol–water partition coefficient (Wildman–Crippen LogP) is 12.9. The number of esters is 3. The molecule has 0 aliphatic carbocycles. The summed E-state index contributed by atoms with van der Waals surface area (Å²) in [6, 6.07) is 4.95. The van der Waals surface area contributed by atoms with Crippen LogP contribution in [0.25, 0.3) is 0 Å². The minimum absolute atomic E-state index is 0.0552. The van der Waals surface area contributed by atoms with Crippen LogP contribution in [0.4, 0.5) is 10.5 Å².